The molecule has 2 saturated carbocycles. The van der Waals surface area contributed by atoms with Gasteiger partial charge in [-0.05, 0) is 55.2 Å². The fourth-order valence-electron chi connectivity index (χ4n) is 3.34. The highest BCUT2D eigenvalue weighted by Crippen LogP contribution is 2.33. The fraction of sp³-hybridized carbons (Fsp3) is 0.647. The van der Waals surface area contributed by atoms with E-state index in [0.29, 0.717) is 23.3 Å². The Kier molecular flexibility index (Phi) is 6.48. The molecule has 1 aromatic carbocycles. The van der Waals surface area contributed by atoms with Crippen LogP contribution in [0.15, 0.2) is 29.2 Å². The molecule has 2 aliphatic rings. The summed E-state index contributed by atoms with van der Waals surface area (Å²) < 4.78 is 27.2. The molecule has 2 fully saturated rings. The summed E-state index contributed by atoms with van der Waals surface area (Å²) in [5, 5.41) is 0. The number of sulfonamides is 1. The first-order valence-corrected chi connectivity index (χ1v) is 9.90. The summed E-state index contributed by atoms with van der Waals surface area (Å²) >= 11 is 0. The van der Waals surface area contributed by atoms with Gasteiger partial charge in [-0.25, -0.2) is 13.1 Å². The second kappa shape index (κ2) is 7.97. The van der Waals surface area contributed by atoms with Crippen molar-refractivity contribution in [1.29, 1.82) is 0 Å². The molecule has 3 rings (SSSR count). The van der Waals surface area contributed by atoms with Gasteiger partial charge in [-0.15, -0.1) is 12.4 Å². The molecule has 4 nitrogen and oxygen atoms in total. The molecule has 2 aliphatic carbocycles. The fourth-order valence-corrected chi connectivity index (χ4v) is 4.41. The Bertz CT molecular complexity index is 594. The van der Waals surface area contributed by atoms with E-state index in [1.807, 2.05) is 12.1 Å². The topological polar surface area (TPSA) is 72.2 Å². The van der Waals surface area contributed by atoms with Gasteiger partial charge in [0.1, 0.15) is 0 Å². The molecule has 0 aromatic heterocycles. The highest BCUT2D eigenvalue weighted by molar-refractivity contribution is 7.89. The number of hydrogen-bond donors (Lipinski definition) is 2. The summed E-state index contributed by atoms with van der Waals surface area (Å²) in [6, 6.07) is 7.36. The highest BCUT2D eigenvalue weighted by Gasteiger charge is 2.29. The van der Waals surface area contributed by atoms with Crippen LogP contribution in [-0.4, -0.2) is 21.0 Å². The van der Waals surface area contributed by atoms with E-state index in [1.54, 1.807) is 12.1 Å². The third-order valence-electron chi connectivity index (χ3n) is 5.00. The Morgan fingerprint density at radius 2 is 1.65 bits per heavy atom. The zero-order valence-corrected chi connectivity index (χ0v) is 15.0. The molecule has 0 heterocycles. The van der Waals surface area contributed by atoms with E-state index in [1.165, 1.54) is 37.7 Å². The lowest BCUT2D eigenvalue weighted by molar-refractivity contribution is 0.443. The molecule has 0 amide bonds. The minimum absolute atomic E-state index is 0. The summed E-state index contributed by atoms with van der Waals surface area (Å²) in [4.78, 5) is 0.343. The molecule has 1 unspecified atom stereocenters. The van der Waals surface area contributed by atoms with Crippen LogP contribution in [-0.2, 0) is 10.0 Å². The van der Waals surface area contributed by atoms with Crippen molar-refractivity contribution in [3.8, 4) is 0 Å². The molecule has 0 saturated heterocycles. The van der Waals surface area contributed by atoms with Crippen LogP contribution in [0, 0.1) is 5.92 Å². The molecule has 0 bridgehead atoms. The molecule has 0 radical (unpaired) electrons. The van der Waals surface area contributed by atoms with Crippen molar-refractivity contribution in [3.63, 3.8) is 0 Å². The quantitative estimate of drug-likeness (QED) is 0.820. The Labute approximate surface area is 145 Å². The maximum absolute atomic E-state index is 12.3. The van der Waals surface area contributed by atoms with Gasteiger partial charge in [0.25, 0.3) is 0 Å². The van der Waals surface area contributed by atoms with Crippen molar-refractivity contribution >= 4 is 22.4 Å². The first-order valence-electron chi connectivity index (χ1n) is 8.41. The predicted molar refractivity (Wildman–Crippen MR) is 95.4 cm³/mol. The van der Waals surface area contributed by atoms with Crippen LogP contribution in [0.3, 0.4) is 0 Å². The normalized spacial score (nSPS) is 20.7. The highest BCUT2D eigenvalue weighted by atomic mass is 35.5. The van der Waals surface area contributed by atoms with E-state index in [4.69, 9.17) is 5.73 Å². The Morgan fingerprint density at radius 3 is 2.22 bits per heavy atom. The number of halogens is 1. The van der Waals surface area contributed by atoms with Gasteiger partial charge in [0, 0.05) is 12.6 Å². The van der Waals surface area contributed by atoms with Crippen molar-refractivity contribution in [2.75, 3.05) is 6.54 Å². The standard InChI is InChI=1S/C17H26N2O2S.ClH/c18-17(15-6-7-15)12-19-22(20,21)16-10-8-14(9-11-16)13-4-2-1-3-5-13;/h8-11,13,15,17,19H,1-7,12,18H2;1H. The number of rotatable bonds is 6. The third kappa shape index (κ3) is 4.92. The maximum atomic E-state index is 12.3. The van der Waals surface area contributed by atoms with Gasteiger partial charge < -0.3 is 5.73 Å². The molecular formula is C17H27ClN2O2S. The smallest absolute Gasteiger partial charge is 0.240 e. The molecule has 3 N–H and O–H groups in total. The average Bonchev–Trinajstić information content (AvgIpc) is 3.39. The van der Waals surface area contributed by atoms with E-state index in [0.717, 1.165) is 12.8 Å². The summed E-state index contributed by atoms with van der Waals surface area (Å²) in [6.07, 6.45) is 8.59. The van der Waals surface area contributed by atoms with Gasteiger partial charge in [-0.2, -0.15) is 0 Å². The zero-order chi connectivity index (χ0) is 15.6. The second-order valence-electron chi connectivity index (χ2n) is 6.76. The minimum atomic E-state index is -3.44. The summed E-state index contributed by atoms with van der Waals surface area (Å²) in [6.45, 7) is 0.331. The van der Waals surface area contributed by atoms with Crippen molar-refractivity contribution in [2.24, 2.45) is 11.7 Å². The molecule has 1 aromatic rings. The van der Waals surface area contributed by atoms with Crippen LogP contribution < -0.4 is 10.5 Å². The van der Waals surface area contributed by atoms with Gasteiger partial charge in [0.2, 0.25) is 10.0 Å². The Balaban J connectivity index is 0.00000192. The Morgan fingerprint density at radius 1 is 1.04 bits per heavy atom. The summed E-state index contributed by atoms with van der Waals surface area (Å²) in [5.41, 5.74) is 7.23. The second-order valence-corrected chi connectivity index (χ2v) is 8.52. The first kappa shape index (κ1) is 18.7. The van der Waals surface area contributed by atoms with Crippen LogP contribution in [0.1, 0.15) is 56.4 Å². The van der Waals surface area contributed by atoms with E-state index in [2.05, 4.69) is 4.72 Å². The van der Waals surface area contributed by atoms with Gasteiger partial charge in [-0.1, -0.05) is 31.4 Å². The van der Waals surface area contributed by atoms with Crippen molar-refractivity contribution in [1.82, 2.24) is 4.72 Å². The van der Waals surface area contributed by atoms with Crippen LogP contribution >= 0.6 is 12.4 Å². The molecular weight excluding hydrogens is 332 g/mol. The SMILES string of the molecule is Cl.NC(CNS(=O)(=O)c1ccc(C2CCCCC2)cc1)C1CC1. The van der Waals surface area contributed by atoms with E-state index in [-0.39, 0.29) is 18.4 Å². The molecule has 0 spiro atoms. The van der Waals surface area contributed by atoms with E-state index >= 15 is 0 Å². The zero-order valence-electron chi connectivity index (χ0n) is 13.4. The van der Waals surface area contributed by atoms with E-state index < -0.39 is 10.0 Å². The van der Waals surface area contributed by atoms with Crippen molar-refractivity contribution < 1.29 is 8.42 Å². The Hall–Kier alpha value is -0.620. The predicted octanol–water partition coefficient (Wildman–Crippen LogP) is 3.17. The monoisotopic (exact) mass is 358 g/mol. The number of nitrogens with two attached hydrogens (primary N) is 1. The van der Waals surface area contributed by atoms with Gasteiger partial charge in [-0.3, -0.25) is 0 Å². The third-order valence-corrected chi connectivity index (χ3v) is 6.44. The number of nitrogens with one attached hydrogen (secondary N) is 1. The molecule has 130 valence electrons. The van der Waals surface area contributed by atoms with Gasteiger partial charge >= 0.3 is 0 Å². The summed E-state index contributed by atoms with van der Waals surface area (Å²) in [5.74, 6) is 1.10. The number of benzene rings is 1. The molecule has 23 heavy (non-hydrogen) atoms. The van der Waals surface area contributed by atoms with Gasteiger partial charge in [0.05, 0.1) is 4.90 Å². The molecule has 0 aliphatic heterocycles. The lowest BCUT2D eigenvalue weighted by Crippen LogP contribution is -2.38. The number of hydrogen-bond acceptors (Lipinski definition) is 3. The molecule has 6 heteroatoms. The minimum Gasteiger partial charge on any atom is -0.326 e. The average molecular weight is 359 g/mol. The van der Waals surface area contributed by atoms with Gasteiger partial charge in [0.15, 0.2) is 0 Å². The van der Waals surface area contributed by atoms with Crippen LogP contribution in [0.4, 0.5) is 0 Å². The lowest BCUT2D eigenvalue weighted by Gasteiger charge is -2.22. The van der Waals surface area contributed by atoms with Crippen molar-refractivity contribution in [2.45, 2.75) is 61.8 Å². The maximum Gasteiger partial charge on any atom is 0.240 e. The largest absolute Gasteiger partial charge is 0.326 e. The lowest BCUT2D eigenvalue weighted by atomic mass is 9.84. The van der Waals surface area contributed by atoms with Crippen LogP contribution in [0.2, 0.25) is 0 Å². The van der Waals surface area contributed by atoms with E-state index in [9.17, 15) is 8.42 Å². The van der Waals surface area contributed by atoms with Crippen molar-refractivity contribution in [3.05, 3.63) is 29.8 Å². The summed E-state index contributed by atoms with van der Waals surface area (Å²) in [7, 11) is -3.44. The molecule has 1 atom stereocenters. The van der Waals surface area contributed by atoms with Crippen LogP contribution in [0.25, 0.3) is 0 Å². The van der Waals surface area contributed by atoms with Crippen LogP contribution in [0.5, 0.6) is 0 Å². The first-order chi connectivity index (χ1) is 10.6.